The maximum Gasteiger partial charge on any atom is 0.409 e. The average Bonchev–Trinajstić information content (AvgIpc) is 2.84. The lowest BCUT2D eigenvalue weighted by molar-refractivity contribution is -0.203. The average molecular weight is 394 g/mol. The zero-order valence-electron chi connectivity index (χ0n) is 16.4. The lowest BCUT2D eigenvalue weighted by atomic mass is 9.93. The molecule has 0 saturated carbocycles. The molecule has 0 spiro atoms. The number of hydrazine groups is 1. The van der Waals surface area contributed by atoms with Gasteiger partial charge in [-0.05, 0) is 36.8 Å². The molecule has 4 nitrogen and oxygen atoms in total. The van der Waals surface area contributed by atoms with Crippen molar-refractivity contribution in [2.75, 3.05) is 6.61 Å². The molecule has 1 fully saturated rings. The second-order valence-corrected chi connectivity index (χ2v) is 8.24. The van der Waals surface area contributed by atoms with Crippen molar-refractivity contribution in [1.82, 2.24) is 10.4 Å². The molecule has 1 heterocycles. The van der Waals surface area contributed by atoms with Crippen LogP contribution in [-0.2, 0) is 4.79 Å². The van der Waals surface area contributed by atoms with E-state index in [1.807, 2.05) is 13.8 Å². The van der Waals surface area contributed by atoms with Gasteiger partial charge in [-0.2, -0.15) is 18.2 Å². The summed E-state index contributed by atoms with van der Waals surface area (Å²) in [5.41, 5.74) is 1.54. The Morgan fingerprint density at radius 2 is 1.79 bits per heavy atom. The van der Waals surface area contributed by atoms with E-state index >= 15 is 0 Å². The quantitative estimate of drug-likeness (QED) is 0.777. The van der Waals surface area contributed by atoms with E-state index in [2.05, 4.69) is 5.43 Å². The molecule has 1 unspecified atom stereocenters. The number of carbonyl (C=O) groups excluding carboxylic acids is 1. The molecule has 1 atom stereocenters. The van der Waals surface area contributed by atoms with Crippen LogP contribution < -0.4 is 10.2 Å². The first-order valence-corrected chi connectivity index (χ1v) is 9.30. The van der Waals surface area contributed by atoms with Crippen molar-refractivity contribution in [2.24, 2.45) is 5.92 Å². The van der Waals surface area contributed by atoms with Crippen LogP contribution in [0.15, 0.2) is 36.4 Å². The molecule has 1 saturated heterocycles. The highest BCUT2D eigenvalue weighted by atomic mass is 19.4. The Hall–Kier alpha value is -2.28. The summed E-state index contributed by atoms with van der Waals surface area (Å²) in [5, 5.41) is 2.12. The van der Waals surface area contributed by atoms with Gasteiger partial charge >= 0.3 is 6.18 Å². The summed E-state index contributed by atoms with van der Waals surface area (Å²) in [6.45, 7) is 7.75. The maximum absolute atomic E-state index is 14.2. The predicted molar refractivity (Wildman–Crippen MR) is 102 cm³/mol. The van der Waals surface area contributed by atoms with E-state index in [0.717, 1.165) is 5.01 Å². The SMILES string of the molecule is CC(C)COc1cccc2c(C(N3NC(=O)CC3(C)C)C(F)(F)F)cccc12. The Morgan fingerprint density at radius 3 is 2.36 bits per heavy atom. The number of rotatable bonds is 5. The zero-order chi connectivity index (χ0) is 20.7. The monoisotopic (exact) mass is 394 g/mol. The number of alkyl halides is 3. The van der Waals surface area contributed by atoms with Gasteiger partial charge in [0.25, 0.3) is 0 Å². The highest BCUT2D eigenvalue weighted by molar-refractivity contribution is 5.91. The summed E-state index contributed by atoms with van der Waals surface area (Å²) in [7, 11) is 0. The van der Waals surface area contributed by atoms with Crippen LogP contribution in [0.4, 0.5) is 13.2 Å². The molecule has 0 bridgehead atoms. The predicted octanol–water partition coefficient (Wildman–Crippen LogP) is 4.99. The van der Waals surface area contributed by atoms with Crippen molar-refractivity contribution in [3.05, 3.63) is 42.0 Å². The number of nitrogens with zero attached hydrogens (tertiary/aromatic N) is 1. The number of hydrogen-bond donors (Lipinski definition) is 1. The van der Waals surface area contributed by atoms with Gasteiger partial charge in [0, 0.05) is 17.3 Å². The Kier molecular flexibility index (Phi) is 5.32. The molecular weight excluding hydrogens is 369 g/mol. The molecule has 0 aliphatic carbocycles. The van der Waals surface area contributed by atoms with E-state index in [0.29, 0.717) is 29.0 Å². The highest BCUT2D eigenvalue weighted by Crippen LogP contribution is 2.45. The van der Waals surface area contributed by atoms with Gasteiger partial charge in [-0.25, -0.2) is 0 Å². The topological polar surface area (TPSA) is 41.6 Å². The molecule has 3 rings (SSSR count). The number of halogens is 3. The van der Waals surface area contributed by atoms with Crippen LogP contribution in [-0.4, -0.2) is 29.2 Å². The standard InChI is InChI=1S/C21H25F3N2O2/c1-13(2)12-28-17-10-6-7-14-15(17)8-5-9-16(14)19(21(22,23)24)26-20(3,4)11-18(27)25-26/h5-10,13,19H,11-12H2,1-4H3,(H,25,27). The molecule has 152 valence electrons. The van der Waals surface area contributed by atoms with Crippen LogP contribution in [0.25, 0.3) is 10.8 Å². The number of carbonyl (C=O) groups is 1. The zero-order valence-corrected chi connectivity index (χ0v) is 16.4. The Labute approximate surface area is 162 Å². The first kappa shape index (κ1) is 20.5. The Bertz CT molecular complexity index is 878. The van der Waals surface area contributed by atoms with Crippen LogP contribution >= 0.6 is 0 Å². The Balaban J connectivity index is 2.14. The number of fused-ring (bicyclic) bond motifs is 1. The second kappa shape index (κ2) is 7.28. The van der Waals surface area contributed by atoms with Crippen molar-refractivity contribution >= 4 is 16.7 Å². The lowest BCUT2D eigenvalue weighted by Gasteiger charge is -2.38. The number of benzene rings is 2. The summed E-state index contributed by atoms with van der Waals surface area (Å²) in [6.07, 6.45) is -4.56. The molecule has 2 aromatic rings. The minimum atomic E-state index is -4.57. The van der Waals surface area contributed by atoms with E-state index < -0.39 is 23.7 Å². The number of ether oxygens (including phenoxy) is 1. The second-order valence-electron chi connectivity index (χ2n) is 8.24. The van der Waals surface area contributed by atoms with Gasteiger partial charge in [-0.3, -0.25) is 10.2 Å². The van der Waals surface area contributed by atoms with Gasteiger partial charge in [-0.15, -0.1) is 0 Å². The number of amides is 1. The number of nitrogens with one attached hydrogen (secondary N) is 1. The van der Waals surface area contributed by atoms with Gasteiger partial charge < -0.3 is 4.74 Å². The van der Waals surface area contributed by atoms with Gasteiger partial charge in [-0.1, -0.05) is 44.2 Å². The first-order valence-electron chi connectivity index (χ1n) is 9.30. The highest BCUT2D eigenvalue weighted by Gasteiger charge is 2.53. The molecule has 1 amide bonds. The van der Waals surface area contributed by atoms with Crippen molar-refractivity contribution in [3.8, 4) is 5.75 Å². The molecule has 1 N–H and O–H groups in total. The molecule has 7 heteroatoms. The van der Waals surface area contributed by atoms with Gasteiger partial charge in [0.1, 0.15) is 5.75 Å². The fourth-order valence-corrected chi connectivity index (χ4v) is 3.61. The van der Waals surface area contributed by atoms with Crippen LogP contribution in [0, 0.1) is 5.92 Å². The normalized spacial score (nSPS) is 18.5. The largest absolute Gasteiger partial charge is 0.493 e. The van der Waals surface area contributed by atoms with Crippen LogP contribution in [0.3, 0.4) is 0 Å². The molecule has 28 heavy (non-hydrogen) atoms. The van der Waals surface area contributed by atoms with E-state index in [1.165, 1.54) is 6.07 Å². The Morgan fingerprint density at radius 1 is 1.14 bits per heavy atom. The molecular formula is C21H25F3N2O2. The minimum Gasteiger partial charge on any atom is -0.493 e. The van der Waals surface area contributed by atoms with Crippen molar-refractivity contribution in [2.45, 2.75) is 51.9 Å². The van der Waals surface area contributed by atoms with E-state index in [-0.39, 0.29) is 12.0 Å². The van der Waals surface area contributed by atoms with Crippen LogP contribution in [0.5, 0.6) is 5.75 Å². The van der Waals surface area contributed by atoms with Crippen LogP contribution in [0.1, 0.15) is 45.7 Å². The van der Waals surface area contributed by atoms with E-state index in [9.17, 15) is 18.0 Å². The van der Waals surface area contributed by atoms with E-state index in [1.54, 1.807) is 44.2 Å². The molecule has 0 radical (unpaired) electrons. The van der Waals surface area contributed by atoms with Crippen molar-refractivity contribution in [1.29, 1.82) is 0 Å². The summed E-state index contributed by atoms with van der Waals surface area (Å²) < 4.78 is 48.4. The smallest absolute Gasteiger partial charge is 0.409 e. The summed E-state index contributed by atoms with van der Waals surface area (Å²) in [5.74, 6) is 0.432. The third-order valence-electron chi connectivity index (χ3n) is 4.84. The summed E-state index contributed by atoms with van der Waals surface area (Å²) in [6, 6.07) is 7.99. The van der Waals surface area contributed by atoms with Crippen LogP contribution in [0.2, 0.25) is 0 Å². The molecule has 1 aliphatic rings. The van der Waals surface area contributed by atoms with Gasteiger partial charge in [0.2, 0.25) is 5.91 Å². The molecule has 1 aliphatic heterocycles. The third-order valence-corrected chi connectivity index (χ3v) is 4.84. The molecule has 2 aromatic carbocycles. The summed E-state index contributed by atoms with van der Waals surface area (Å²) >= 11 is 0. The fourth-order valence-electron chi connectivity index (χ4n) is 3.61. The minimum absolute atomic E-state index is 0.00704. The third kappa shape index (κ3) is 3.94. The lowest BCUT2D eigenvalue weighted by Crippen LogP contribution is -2.51. The number of hydrogen-bond acceptors (Lipinski definition) is 3. The maximum atomic E-state index is 14.2. The molecule has 0 aromatic heterocycles. The first-order chi connectivity index (χ1) is 13.0. The van der Waals surface area contributed by atoms with Gasteiger partial charge in [0.15, 0.2) is 6.04 Å². The van der Waals surface area contributed by atoms with Crippen molar-refractivity contribution < 1.29 is 22.7 Å². The van der Waals surface area contributed by atoms with Crippen molar-refractivity contribution in [3.63, 3.8) is 0 Å². The summed E-state index contributed by atoms with van der Waals surface area (Å²) in [4.78, 5) is 11.9. The van der Waals surface area contributed by atoms with Gasteiger partial charge in [0.05, 0.1) is 6.61 Å². The fraction of sp³-hybridized carbons (Fsp3) is 0.476. The van der Waals surface area contributed by atoms with E-state index in [4.69, 9.17) is 4.74 Å².